The summed E-state index contributed by atoms with van der Waals surface area (Å²) in [6, 6.07) is 10.3. The van der Waals surface area contributed by atoms with Gasteiger partial charge in [0.15, 0.2) is 5.82 Å². The molecule has 0 aliphatic rings. The number of aliphatic imine (C=N–C) groups is 1. The lowest BCUT2D eigenvalue weighted by atomic mass is 10.1. The number of fused-ring (bicyclic) bond motifs is 1. The third kappa shape index (κ3) is 2.39. The molecule has 0 saturated heterocycles. The van der Waals surface area contributed by atoms with Gasteiger partial charge in [-0.05, 0) is 26.8 Å². The van der Waals surface area contributed by atoms with E-state index in [2.05, 4.69) is 36.4 Å². The van der Waals surface area contributed by atoms with Crippen molar-refractivity contribution in [2.75, 3.05) is 14.1 Å². The van der Waals surface area contributed by atoms with Gasteiger partial charge in [-0.15, -0.1) is 0 Å². The summed E-state index contributed by atoms with van der Waals surface area (Å²) in [6.45, 7) is 6.36. The molecule has 4 heteroatoms. The van der Waals surface area contributed by atoms with E-state index in [4.69, 9.17) is 0 Å². The van der Waals surface area contributed by atoms with E-state index < -0.39 is 0 Å². The number of nitrogens with zero attached hydrogens (tertiary/aromatic N) is 4. The molecule has 2 rings (SSSR count). The first kappa shape index (κ1) is 14.1. The van der Waals surface area contributed by atoms with Gasteiger partial charge in [-0.25, -0.2) is 4.99 Å². The van der Waals surface area contributed by atoms with E-state index in [-0.39, 0.29) is 5.54 Å². The zero-order valence-corrected chi connectivity index (χ0v) is 12.7. The molecule has 0 N–H and O–H groups in total. The minimum atomic E-state index is -0.145. The summed E-state index contributed by atoms with van der Waals surface area (Å²) >= 11 is 0. The van der Waals surface area contributed by atoms with Gasteiger partial charge in [-0.3, -0.25) is 0 Å². The molecule has 0 spiro atoms. The van der Waals surface area contributed by atoms with Crippen LogP contribution in [0.4, 0.5) is 5.82 Å². The Balaban J connectivity index is 2.86. The standard InChI is InChI=1S/C16H20N4/c1-16(2,3)20-14-9-7-6-8-12(14)13(10-17)15(20)18-11-19(4)5/h6-9,11H,1-5H3/b18-11+. The minimum Gasteiger partial charge on any atom is -0.369 e. The number of hydrogen-bond acceptors (Lipinski definition) is 2. The van der Waals surface area contributed by atoms with Crippen molar-refractivity contribution in [2.45, 2.75) is 26.3 Å². The van der Waals surface area contributed by atoms with Gasteiger partial charge in [0.1, 0.15) is 11.6 Å². The summed E-state index contributed by atoms with van der Waals surface area (Å²) < 4.78 is 2.13. The molecule has 0 fully saturated rings. The molecule has 0 atom stereocenters. The number of para-hydroxylation sites is 1. The predicted molar refractivity (Wildman–Crippen MR) is 83.5 cm³/mol. The van der Waals surface area contributed by atoms with E-state index in [0.29, 0.717) is 5.56 Å². The molecule has 1 heterocycles. The summed E-state index contributed by atoms with van der Waals surface area (Å²) in [4.78, 5) is 6.39. The van der Waals surface area contributed by atoms with Crippen LogP contribution in [0.5, 0.6) is 0 Å². The van der Waals surface area contributed by atoms with Crippen LogP contribution in [0.1, 0.15) is 26.3 Å². The maximum atomic E-state index is 9.51. The van der Waals surface area contributed by atoms with Crippen molar-refractivity contribution >= 4 is 23.1 Å². The van der Waals surface area contributed by atoms with Crippen molar-refractivity contribution < 1.29 is 0 Å². The highest BCUT2D eigenvalue weighted by atomic mass is 15.2. The monoisotopic (exact) mass is 268 g/mol. The Labute approximate surface area is 119 Å². The third-order valence-corrected chi connectivity index (χ3v) is 3.04. The third-order valence-electron chi connectivity index (χ3n) is 3.04. The molecular formula is C16H20N4. The van der Waals surface area contributed by atoms with E-state index in [1.807, 2.05) is 43.3 Å². The Morgan fingerprint density at radius 2 is 1.90 bits per heavy atom. The molecule has 1 aromatic carbocycles. The van der Waals surface area contributed by atoms with E-state index in [1.165, 1.54) is 0 Å². The van der Waals surface area contributed by atoms with Crippen molar-refractivity contribution in [1.29, 1.82) is 5.26 Å². The quantitative estimate of drug-likeness (QED) is 0.618. The van der Waals surface area contributed by atoms with E-state index in [1.54, 1.807) is 6.34 Å². The first-order valence-electron chi connectivity index (χ1n) is 6.61. The number of benzene rings is 1. The van der Waals surface area contributed by atoms with Crippen LogP contribution in [0, 0.1) is 11.3 Å². The van der Waals surface area contributed by atoms with E-state index >= 15 is 0 Å². The van der Waals surface area contributed by atoms with Gasteiger partial charge in [-0.1, -0.05) is 18.2 Å². The van der Waals surface area contributed by atoms with Gasteiger partial charge >= 0.3 is 0 Å². The average Bonchev–Trinajstić information content (AvgIpc) is 2.69. The fourth-order valence-electron chi connectivity index (χ4n) is 2.31. The molecule has 0 amide bonds. The van der Waals surface area contributed by atoms with Crippen LogP contribution >= 0.6 is 0 Å². The highest BCUT2D eigenvalue weighted by Gasteiger charge is 2.24. The lowest BCUT2D eigenvalue weighted by molar-refractivity contribution is 0.414. The van der Waals surface area contributed by atoms with Crippen LogP contribution in [0.15, 0.2) is 29.3 Å². The largest absolute Gasteiger partial charge is 0.369 e. The fraction of sp³-hybridized carbons (Fsp3) is 0.375. The molecule has 0 aliphatic heterocycles. The first-order valence-corrected chi connectivity index (χ1v) is 6.61. The van der Waals surface area contributed by atoms with Crippen molar-refractivity contribution in [3.8, 4) is 6.07 Å². The second kappa shape index (κ2) is 5.01. The SMILES string of the molecule is CN(C)/C=N/c1c(C#N)c2ccccc2n1C(C)(C)C. The van der Waals surface area contributed by atoms with Gasteiger partial charge < -0.3 is 9.47 Å². The Morgan fingerprint density at radius 1 is 1.25 bits per heavy atom. The minimum absolute atomic E-state index is 0.145. The van der Waals surface area contributed by atoms with Crippen LogP contribution in [0.25, 0.3) is 10.9 Å². The Morgan fingerprint density at radius 3 is 2.45 bits per heavy atom. The lowest BCUT2D eigenvalue weighted by Gasteiger charge is -2.24. The maximum Gasteiger partial charge on any atom is 0.153 e. The Hall–Kier alpha value is -2.28. The highest BCUT2D eigenvalue weighted by Crippen LogP contribution is 2.36. The summed E-state index contributed by atoms with van der Waals surface area (Å²) in [5.41, 5.74) is 1.53. The molecule has 0 aliphatic carbocycles. The molecule has 104 valence electrons. The summed E-state index contributed by atoms with van der Waals surface area (Å²) in [5.74, 6) is 0.718. The zero-order chi connectivity index (χ0) is 14.9. The number of aromatic nitrogens is 1. The van der Waals surface area contributed by atoms with Gasteiger partial charge in [0.25, 0.3) is 0 Å². The van der Waals surface area contributed by atoms with Crippen molar-refractivity contribution in [1.82, 2.24) is 9.47 Å². The lowest BCUT2D eigenvalue weighted by Crippen LogP contribution is -2.21. The molecule has 2 aromatic rings. The van der Waals surface area contributed by atoms with Crippen LogP contribution in [0.3, 0.4) is 0 Å². The maximum absolute atomic E-state index is 9.51. The fourth-order valence-corrected chi connectivity index (χ4v) is 2.31. The molecule has 20 heavy (non-hydrogen) atoms. The zero-order valence-electron chi connectivity index (χ0n) is 12.7. The topological polar surface area (TPSA) is 44.3 Å². The highest BCUT2D eigenvalue weighted by molar-refractivity contribution is 5.92. The predicted octanol–water partition coefficient (Wildman–Crippen LogP) is 3.49. The van der Waals surface area contributed by atoms with Crippen molar-refractivity contribution in [3.05, 3.63) is 29.8 Å². The molecule has 0 bridgehead atoms. The average molecular weight is 268 g/mol. The van der Waals surface area contributed by atoms with Gasteiger partial charge in [0.2, 0.25) is 0 Å². The number of rotatable bonds is 2. The second-order valence-electron chi connectivity index (χ2n) is 6.04. The molecule has 0 saturated carbocycles. The van der Waals surface area contributed by atoms with E-state index in [0.717, 1.165) is 16.7 Å². The van der Waals surface area contributed by atoms with E-state index in [9.17, 15) is 5.26 Å². The summed E-state index contributed by atoms with van der Waals surface area (Å²) in [7, 11) is 3.83. The number of hydrogen-bond donors (Lipinski definition) is 0. The summed E-state index contributed by atoms with van der Waals surface area (Å²) in [6.07, 6.45) is 1.73. The first-order chi connectivity index (χ1) is 9.36. The van der Waals surface area contributed by atoms with Crippen molar-refractivity contribution in [2.24, 2.45) is 4.99 Å². The second-order valence-corrected chi connectivity index (χ2v) is 6.04. The summed E-state index contributed by atoms with van der Waals surface area (Å²) in [5, 5.41) is 10.5. The number of nitriles is 1. The van der Waals surface area contributed by atoms with Gasteiger partial charge in [-0.2, -0.15) is 5.26 Å². The normalized spacial score (nSPS) is 12.0. The van der Waals surface area contributed by atoms with Gasteiger partial charge in [0, 0.05) is 25.0 Å². The Kier molecular flexibility index (Phi) is 3.54. The Bertz CT molecular complexity index is 694. The van der Waals surface area contributed by atoms with Crippen LogP contribution in [0.2, 0.25) is 0 Å². The molecular weight excluding hydrogens is 248 g/mol. The molecule has 0 radical (unpaired) electrons. The van der Waals surface area contributed by atoms with Crippen LogP contribution < -0.4 is 0 Å². The molecule has 4 nitrogen and oxygen atoms in total. The smallest absolute Gasteiger partial charge is 0.153 e. The molecule has 1 aromatic heterocycles. The van der Waals surface area contributed by atoms with Crippen LogP contribution in [-0.4, -0.2) is 29.9 Å². The van der Waals surface area contributed by atoms with Gasteiger partial charge in [0.05, 0.1) is 11.9 Å². The van der Waals surface area contributed by atoms with Crippen molar-refractivity contribution in [3.63, 3.8) is 0 Å². The van der Waals surface area contributed by atoms with Crippen LogP contribution in [-0.2, 0) is 5.54 Å². The molecule has 0 unspecified atom stereocenters.